The zero-order valence-electron chi connectivity index (χ0n) is 17.7. The van der Waals surface area contributed by atoms with Gasteiger partial charge >= 0.3 is 0 Å². The largest absolute Gasteiger partial charge is 0.368 e. The number of carbonyl (C=O) groups is 1. The summed E-state index contributed by atoms with van der Waals surface area (Å²) >= 11 is 11.5. The first-order valence-corrected chi connectivity index (χ1v) is 11.4. The molecule has 6 nitrogen and oxygen atoms in total. The van der Waals surface area contributed by atoms with Crippen molar-refractivity contribution in [2.24, 2.45) is 0 Å². The van der Waals surface area contributed by atoms with Crippen molar-refractivity contribution in [1.29, 1.82) is 0 Å². The number of hydrogen-bond acceptors (Lipinski definition) is 4. The van der Waals surface area contributed by atoms with Crippen LogP contribution in [0.15, 0.2) is 77.6 Å². The smallest absolute Gasteiger partial charge is 0.266 e. The number of para-hydroxylation sites is 1. The Morgan fingerprint density at radius 2 is 1.61 bits per heavy atom. The van der Waals surface area contributed by atoms with Gasteiger partial charge in [0.05, 0.1) is 16.6 Å². The minimum Gasteiger partial charge on any atom is -0.368 e. The SMILES string of the molecule is O=C(c1cccc(-n2c(=S)[nH]c3cc(Cl)ccc3c2=O)c1)N1CCN(c2ccccc2)CC1. The van der Waals surface area contributed by atoms with Crippen LogP contribution in [-0.4, -0.2) is 46.5 Å². The highest BCUT2D eigenvalue weighted by Gasteiger charge is 2.22. The van der Waals surface area contributed by atoms with Crippen LogP contribution in [0.4, 0.5) is 5.69 Å². The third kappa shape index (κ3) is 4.17. The molecule has 8 heteroatoms. The molecule has 1 aliphatic rings. The van der Waals surface area contributed by atoms with E-state index in [-0.39, 0.29) is 16.2 Å². The molecular formula is C25H21ClN4O2S. The average Bonchev–Trinajstić information content (AvgIpc) is 2.84. The molecule has 3 aromatic carbocycles. The molecule has 166 valence electrons. The van der Waals surface area contributed by atoms with E-state index in [4.69, 9.17) is 23.8 Å². The van der Waals surface area contributed by atoms with E-state index >= 15 is 0 Å². The van der Waals surface area contributed by atoms with Crippen molar-refractivity contribution >= 4 is 46.3 Å². The number of aromatic amines is 1. The number of aromatic nitrogens is 2. The molecule has 0 atom stereocenters. The second-order valence-electron chi connectivity index (χ2n) is 7.93. The molecule has 1 amide bonds. The molecule has 4 aromatic rings. The molecule has 0 unspecified atom stereocenters. The van der Waals surface area contributed by atoms with Gasteiger partial charge < -0.3 is 14.8 Å². The van der Waals surface area contributed by atoms with E-state index < -0.39 is 0 Å². The van der Waals surface area contributed by atoms with Gasteiger partial charge in [0.25, 0.3) is 11.5 Å². The van der Waals surface area contributed by atoms with Crippen molar-refractivity contribution < 1.29 is 4.79 Å². The summed E-state index contributed by atoms with van der Waals surface area (Å²) in [7, 11) is 0. The molecule has 1 aliphatic heterocycles. The third-order valence-corrected chi connectivity index (χ3v) is 6.42. The van der Waals surface area contributed by atoms with Crippen LogP contribution < -0.4 is 10.5 Å². The Balaban J connectivity index is 1.41. The van der Waals surface area contributed by atoms with Gasteiger partial charge in [-0.05, 0) is 60.7 Å². The summed E-state index contributed by atoms with van der Waals surface area (Å²) in [5, 5.41) is 0.993. The maximum Gasteiger partial charge on any atom is 0.266 e. The first-order chi connectivity index (χ1) is 16.0. The number of nitrogens with zero attached hydrogens (tertiary/aromatic N) is 3. The fourth-order valence-corrected chi connectivity index (χ4v) is 4.66. The lowest BCUT2D eigenvalue weighted by molar-refractivity contribution is 0.0746. The van der Waals surface area contributed by atoms with Crippen molar-refractivity contribution in [1.82, 2.24) is 14.5 Å². The van der Waals surface area contributed by atoms with Gasteiger partial charge in [-0.2, -0.15) is 0 Å². The summed E-state index contributed by atoms with van der Waals surface area (Å²) in [6, 6.07) is 22.3. The Kier molecular flexibility index (Phi) is 5.74. The monoisotopic (exact) mass is 476 g/mol. The van der Waals surface area contributed by atoms with Crippen LogP contribution in [0.25, 0.3) is 16.6 Å². The Labute approximate surface area is 200 Å². The molecule has 0 bridgehead atoms. The second-order valence-corrected chi connectivity index (χ2v) is 8.75. The van der Waals surface area contributed by atoms with E-state index in [9.17, 15) is 9.59 Å². The summed E-state index contributed by atoms with van der Waals surface area (Å²) in [5.41, 5.74) is 2.56. The quantitative estimate of drug-likeness (QED) is 0.437. The van der Waals surface area contributed by atoms with Crippen molar-refractivity contribution in [3.05, 3.63) is 98.5 Å². The Morgan fingerprint density at radius 3 is 2.36 bits per heavy atom. The fraction of sp³-hybridized carbons (Fsp3) is 0.160. The molecule has 0 aliphatic carbocycles. The summed E-state index contributed by atoms with van der Waals surface area (Å²) in [6.07, 6.45) is 0. The standard InChI is InChI=1S/C25H21ClN4O2S/c26-18-9-10-21-22(16-18)27-25(33)30(24(21)32)20-8-4-5-17(15-20)23(31)29-13-11-28(12-14-29)19-6-2-1-3-7-19/h1-10,15-16H,11-14H2,(H,27,33). The number of carbonyl (C=O) groups excluding carboxylic acids is 1. The van der Waals surface area contributed by atoms with Crippen LogP contribution in [-0.2, 0) is 0 Å². The third-order valence-electron chi connectivity index (χ3n) is 5.90. The number of halogens is 1. The van der Waals surface area contributed by atoms with Crippen molar-refractivity contribution in [2.45, 2.75) is 0 Å². The highest BCUT2D eigenvalue weighted by Crippen LogP contribution is 2.19. The van der Waals surface area contributed by atoms with Gasteiger partial charge in [-0.15, -0.1) is 0 Å². The first kappa shape index (κ1) is 21.4. The second kappa shape index (κ2) is 8.84. The lowest BCUT2D eigenvalue weighted by Gasteiger charge is -2.36. The minimum absolute atomic E-state index is 0.0555. The normalized spacial score (nSPS) is 14.0. The molecule has 0 saturated carbocycles. The highest BCUT2D eigenvalue weighted by molar-refractivity contribution is 7.71. The summed E-state index contributed by atoms with van der Waals surface area (Å²) in [4.78, 5) is 33.6. The maximum atomic E-state index is 13.2. The molecule has 1 fully saturated rings. The van der Waals surface area contributed by atoms with E-state index in [2.05, 4.69) is 22.0 Å². The van der Waals surface area contributed by atoms with Crippen LogP contribution in [0.1, 0.15) is 10.4 Å². The van der Waals surface area contributed by atoms with Gasteiger partial charge in [0.1, 0.15) is 0 Å². The average molecular weight is 477 g/mol. The Hall–Kier alpha value is -3.42. The molecular weight excluding hydrogens is 456 g/mol. The van der Waals surface area contributed by atoms with E-state index in [0.717, 1.165) is 18.8 Å². The molecule has 0 radical (unpaired) electrons. The predicted molar refractivity (Wildman–Crippen MR) is 134 cm³/mol. The summed E-state index contributed by atoms with van der Waals surface area (Å²) in [6.45, 7) is 2.81. The predicted octanol–water partition coefficient (Wildman–Crippen LogP) is 4.66. The van der Waals surface area contributed by atoms with Crippen LogP contribution in [0.5, 0.6) is 0 Å². The molecule has 33 heavy (non-hydrogen) atoms. The number of rotatable bonds is 3. The first-order valence-electron chi connectivity index (χ1n) is 10.7. The lowest BCUT2D eigenvalue weighted by atomic mass is 10.1. The van der Waals surface area contributed by atoms with Gasteiger partial charge in [0, 0.05) is 42.5 Å². The van der Waals surface area contributed by atoms with Crippen LogP contribution in [0, 0.1) is 4.77 Å². The number of H-pyrrole nitrogens is 1. The highest BCUT2D eigenvalue weighted by atomic mass is 35.5. The molecule has 1 saturated heterocycles. The van der Waals surface area contributed by atoms with Crippen molar-refractivity contribution in [3.63, 3.8) is 0 Å². The molecule has 2 heterocycles. The molecule has 1 N–H and O–H groups in total. The van der Waals surface area contributed by atoms with Crippen LogP contribution in [0.3, 0.4) is 0 Å². The molecule has 0 spiro atoms. The lowest BCUT2D eigenvalue weighted by Crippen LogP contribution is -2.48. The Morgan fingerprint density at radius 1 is 0.879 bits per heavy atom. The van der Waals surface area contributed by atoms with E-state index in [1.165, 1.54) is 4.57 Å². The zero-order valence-corrected chi connectivity index (χ0v) is 19.3. The van der Waals surface area contributed by atoms with Gasteiger partial charge in [-0.1, -0.05) is 35.9 Å². The van der Waals surface area contributed by atoms with E-state index in [1.54, 1.807) is 42.5 Å². The van der Waals surface area contributed by atoms with Gasteiger partial charge in [-0.25, -0.2) is 0 Å². The number of hydrogen-bond donors (Lipinski definition) is 1. The van der Waals surface area contributed by atoms with Crippen LogP contribution in [0.2, 0.25) is 5.02 Å². The maximum absolute atomic E-state index is 13.2. The summed E-state index contributed by atoms with van der Waals surface area (Å²) in [5.74, 6) is -0.0555. The summed E-state index contributed by atoms with van der Waals surface area (Å²) < 4.78 is 1.66. The number of piperazine rings is 1. The number of anilines is 1. The van der Waals surface area contributed by atoms with Crippen LogP contribution >= 0.6 is 23.8 Å². The number of nitrogens with one attached hydrogen (secondary N) is 1. The number of benzene rings is 3. The van der Waals surface area contributed by atoms with Crippen molar-refractivity contribution in [2.75, 3.05) is 31.1 Å². The van der Waals surface area contributed by atoms with E-state index in [0.29, 0.717) is 40.3 Å². The minimum atomic E-state index is -0.258. The topological polar surface area (TPSA) is 61.3 Å². The van der Waals surface area contributed by atoms with Gasteiger partial charge in [0.15, 0.2) is 4.77 Å². The zero-order chi connectivity index (χ0) is 22.9. The van der Waals surface area contributed by atoms with Crippen molar-refractivity contribution in [3.8, 4) is 5.69 Å². The van der Waals surface area contributed by atoms with Gasteiger partial charge in [0.2, 0.25) is 0 Å². The molecule has 5 rings (SSSR count). The van der Waals surface area contributed by atoms with E-state index in [1.807, 2.05) is 23.1 Å². The molecule has 1 aromatic heterocycles. The Bertz CT molecular complexity index is 1460. The number of fused-ring (bicyclic) bond motifs is 1. The fourth-order valence-electron chi connectivity index (χ4n) is 4.19. The van der Waals surface area contributed by atoms with Gasteiger partial charge in [-0.3, -0.25) is 14.2 Å². The number of amides is 1.